The van der Waals surface area contributed by atoms with Gasteiger partial charge in [-0.3, -0.25) is 14.6 Å². The van der Waals surface area contributed by atoms with Gasteiger partial charge in [0.05, 0.1) is 41.1 Å². The Bertz CT molecular complexity index is 1550. The zero-order valence-corrected chi connectivity index (χ0v) is 22.9. The standard InChI is InChI=1S/C24H26N8O4S2/c1-5-6-17(33)36-16-10-37-24(27-16)29-21(34)15-7-13-18-20(28-23(25)30-22(18)38-15)32(31-13)9-14-12(3)19(35-4)11(2)8-26-14/h8,10,15H,5-7,9H2,1-4H3,(H2,25,28,30)(H,27,29,34). The Morgan fingerprint density at radius 2 is 2.08 bits per heavy atom. The minimum Gasteiger partial charge on any atom is -0.496 e. The first-order valence-electron chi connectivity index (χ1n) is 11.9. The topological polar surface area (TPSA) is 160 Å². The largest absolute Gasteiger partial charge is 0.496 e. The van der Waals surface area contributed by atoms with Gasteiger partial charge >= 0.3 is 5.97 Å². The van der Waals surface area contributed by atoms with Crippen LogP contribution in [0.15, 0.2) is 16.6 Å². The second-order valence-electron chi connectivity index (χ2n) is 8.75. The third-order valence-electron chi connectivity index (χ3n) is 6.01. The van der Waals surface area contributed by atoms with Gasteiger partial charge in [-0.15, -0.1) is 11.3 Å². The van der Waals surface area contributed by atoms with Gasteiger partial charge in [0.15, 0.2) is 10.8 Å². The van der Waals surface area contributed by atoms with Crippen molar-refractivity contribution in [3.8, 4) is 11.6 Å². The number of nitrogens with two attached hydrogens (primary N) is 1. The van der Waals surface area contributed by atoms with Gasteiger partial charge in [-0.25, -0.2) is 9.67 Å². The summed E-state index contributed by atoms with van der Waals surface area (Å²) in [7, 11) is 1.64. The van der Waals surface area contributed by atoms with Crippen molar-refractivity contribution in [2.75, 3.05) is 18.2 Å². The average molecular weight is 555 g/mol. The third-order valence-corrected chi connectivity index (χ3v) is 7.93. The van der Waals surface area contributed by atoms with E-state index in [0.29, 0.717) is 47.3 Å². The highest BCUT2D eigenvalue weighted by atomic mass is 32.2. The fourth-order valence-electron chi connectivity index (χ4n) is 4.26. The lowest BCUT2D eigenvalue weighted by molar-refractivity contribution is -0.134. The second kappa shape index (κ2) is 10.5. The lowest BCUT2D eigenvalue weighted by Crippen LogP contribution is -2.29. The number of methoxy groups -OCH3 is 1. The van der Waals surface area contributed by atoms with Crippen molar-refractivity contribution in [2.24, 2.45) is 0 Å². The van der Waals surface area contributed by atoms with E-state index >= 15 is 0 Å². The molecule has 0 radical (unpaired) electrons. The van der Waals surface area contributed by atoms with Crippen molar-refractivity contribution >= 4 is 57.1 Å². The number of nitrogens with one attached hydrogen (secondary N) is 1. The molecule has 0 fully saturated rings. The maximum atomic E-state index is 13.2. The van der Waals surface area contributed by atoms with Crippen LogP contribution in [0.3, 0.4) is 0 Å². The molecule has 5 heterocycles. The van der Waals surface area contributed by atoms with Crippen LogP contribution in [-0.4, -0.2) is 54.0 Å². The van der Waals surface area contributed by atoms with Crippen LogP contribution in [0.25, 0.3) is 11.0 Å². The molecular weight excluding hydrogens is 528 g/mol. The van der Waals surface area contributed by atoms with Gasteiger partial charge in [0.2, 0.25) is 17.7 Å². The molecule has 5 rings (SSSR count). The molecule has 1 unspecified atom stereocenters. The number of aryl methyl sites for hydroxylation is 1. The fourth-order valence-corrected chi connectivity index (χ4v) is 6.02. The Morgan fingerprint density at radius 3 is 2.84 bits per heavy atom. The molecule has 1 aliphatic rings. The lowest BCUT2D eigenvalue weighted by atomic mass is 10.1. The third kappa shape index (κ3) is 5.00. The number of hydrogen-bond acceptors (Lipinski definition) is 12. The predicted molar refractivity (Wildman–Crippen MR) is 144 cm³/mol. The summed E-state index contributed by atoms with van der Waals surface area (Å²) in [5.41, 5.74) is 10.00. The second-order valence-corrected chi connectivity index (χ2v) is 10.8. The van der Waals surface area contributed by atoms with Crippen LogP contribution in [-0.2, 0) is 22.6 Å². The minimum absolute atomic E-state index is 0.0957. The van der Waals surface area contributed by atoms with Crippen LogP contribution in [0.4, 0.5) is 11.1 Å². The Kier molecular flexibility index (Phi) is 7.17. The molecule has 0 spiro atoms. The van der Waals surface area contributed by atoms with Crippen LogP contribution in [0.5, 0.6) is 11.6 Å². The van der Waals surface area contributed by atoms with Crippen LogP contribution in [0, 0.1) is 13.8 Å². The van der Waals surface area contributed by atoms with E-state index in [1.807, 2.05) is 20.8 Å². The van der Waals surface area contributed by atoms with Gasteiger partial charge in [-0.05, 0) is 20.3 Å². The van der Waals surface area contributed by atoms with Gasteiger partial charge in [0.25, 0.3) is 0 Å². The summed E-state index contributed by atoms with van der Waals surface area (Å²) in [4.78, 5) is 42.5. The number of ether oxygens (including phenoxy) is 2. The number of hydrogen-bond donors (Lipinski definition) is 2. The molecular formula is C24H26N8O4S2. The Labute approximate surface area is 226 Å². The molecule has 1 aliphatic heterocycles. The number of carbonyl (C=O) groups is 2. The summed E-state index contributed by atoms with van der Waals surface area (Å²) in [6.07, 6.45) is 3.12. The summed E-state index contributed by atoms with van der Waals surface area (Å²) in [5.74, 6) is 0.425. The van der Waals surface area contributed by atoms with E-state index in [2.05, 4.69) is 25.3 Å². The van der Waals surface area contributed by atoms with Crippen LogP contribution < -0.4 is 20.5 Å². The van der Waals surface area contributed by atoms with Crippen LogP contribution in [0.2, 0.25) is 0 Å². The van der Waals surface area contributed by atoms with Gasteiger partial charge in [-0.1, -0.05) is 18.7 Å². The molecule has 38 heavy (non-hydrogen) atoms. The normalized spacial score (nSPS) is 14.5. The summed E-state index contributed by atoms with van der Waals surface area (Å²) in [6, 6.07) is 0. The number of anilines is 2. The van der Waals surface area contributed by atoms with E-state index in [-0.39, 0.29) is 23.7 Å². The van der Waals surface area contributed by atoms with Gasteiger partial charge < -0.3 is 20.5 Å². The molecule has 0 bridgehead atoms. The number of aromatic nitrogens is 6. The van der Waals surface area contributed by atoms with Gasteiger partial charge in [0, 0.05) is 30.2 Å². The highest BCUT2D eigenvalue weighted by molar-refractivity contribution is 8.00. The van der Waals surface area contributed by atoms with E-state index in [4.69, 9.17) is 20.3 Å². The van der Waals surface area contributed by atoms with E-state index in [1.165, 1.54) is 23.1 Å². The summed E-state index contributed by atoms with van der Waals surface area (Å²) in [5, 5.41) is 10.4. The number of nitrogens with zero attached hydrogens (tertiary/aromatic N) is 6. The molecule has 1 amide bonds. The molecule has 3 N–H and O–H groups in total. The molecule has 12 nitrogen and oxygen atoms in total. The first kappa shape index (κ1) is 25.9. The Morgan fingerprint density at radius 1 is 1.26 bits per heavy atom. The number of carbonyl (C=O) groups excluding carboxylic acids is 2. The Balaban J connectivity index is 1.38. The molecule has 14 heteroatoms. The van der Waals surface area contributed by atoms with Crippen LogP contribution >= 0.6 is 23.1 Å². The lowest BCUT2D eigenvalue weighted by Gasteiger charge is -2.19. The van der Waals surface area contributed by atoms with E-state index in [9.17, 15) is 9.59 Å². The maximum Gasteiger partial charge on any atom is 0.312 e. The fraction of sp³-hybridized carbons (Fsp3) is 0.375. The number of nitrogen functional groups attached to an aromatic ring is 1. The molecule has 4 aromatic heterocycles. The summed E-state index contributed by atoms with van der Waals surface area (Å²) in [6.45, 7) is 6.15. The quantitative estimate of drug-likeness (QED) is 0.243. The zero-order chi connectivity index (χ0) is 27.0. The van der Waals surface area contributed by atoms with Crippen molar-refractivity contribution < 1.29 is 19.1 Å². The number of thioether (sulfide) groups is 1. The van der Waals surface area contributed by atoms with E-state index in [1.54, 1.807) is 23.4 Å². The highest BCUT2D eigenvalue weighted by Crippen LogP contribution is 2.39. The smallest absolute Gasteiger partial charge is 0.312 e. The SMILES string of the molecule is CCCC(=O)Oc1csc(NC(=O)C2Cc3nn(Cc4ncc(C)c(OC)c4C)c4nc(N)nc(c34)S2)n1. The number of esters is 1. The first-order valence-corrected chi connectivity index (χ1v) is 13.7. The zero-order valence-electron chi connectivity index (χ0n) is 21.3. The Hall–Kier alpha value is -3.78. The van der Waals surface area contributed by atoms with Gasteiger partial charge in [0.1, 0.15) is 10.8 Å². The number of thiazole rings is 1. The van der Waals surface area contributed by atoms with Crippen molar-refractivity contribution in [3.63, 3.8) is 0 Å². The number of pyridine rings is 1. The predicted octanol–water partition coefficient (Wildman–Crippen LogP) is 3.29. The molecule has 4 aromatic rings. The molecule has 0 saturated carbocycles. The molecule has 0 saturated heterocycles. The number of rotatable bonds is 8. The monoisotopic (exact) mass is 554 g/mol. The maximum absolute atomic E-state index is 13.2. The summed E-state index contributed by atoms with van der Waals surface area (Å²) < 4.78 is 12.5. The molecule has 198 valence electrons. The molecule has 0 aromatic carbocycles. The van der Waals surface area contributed by atoms with Crippen LogP contribution in [0.1, 0.15) is 42.3 Å². The average Bonchev–Trinajstić information content (AvgIpc) is 3.45. The van der Waals surface area contributed by atoms with Crippen molar-refractivity contribution in [2.45, 2.75) is 56.9 Å². The van der Waals surface area contributed by atoms with E-state index in [0.717, 1.165) is 28.0 Å². The summed E-state index contributed by atoms with van der Waals surface area (Å²) >= 11 is 2.49. The van der Waals surface area contributed by atoms with Crippen molar-refractivity contribution in [3.05, 3.63) is 34.1 Å². The van der Waals surface area contributed by atoms with Gasteiger partial charge in [-0.2, -0.15) is 15.1 Å². The molecule has 0 aliphatic carbocycles. The van der Waals surface area contributed by atoms with Crippen molar-refractivity contribution in [1.29, 1.82) is 0 Å². The van der Waals surface area contributed by atoms with Crippen molar-refractivity contribution in [1.82, 2.24) is 29.7 Å². The minimum atomic E-state index is -0.516. The first-order chi connectivity index (χ1) is 18.3. The highest BCUT2D eigenvalue weighted by Gasteiger charge is 2.32. The van der Waals surface area contributed by atoms with E-state index < -0.39 is 5.25 Å². The molecule has 1 atom stereocenters. The number of amides is 1.